The number of carbonyl (C=O) groups excluding carboxylic acids is 1. The van der Waals surface area contributed by atoms with Gasteiger partial charge in [-0.3, -0.25) is 4.79 Å². The van der Waals surface area contributed by atoms with Crippen molar-refractivity contribution in [1.29, 1.82) is 0 Å². The van der Waals surface area contributed by atoms with Crippen molar-refractivity contribution in [3.63, 3.8) is 0 Å². The van der Waals surface area contributed by atoms with Crippen molar-refractivity contribution in [2.75, 3.05) is 7.11 Å². The third-order valence-electron chi connectivity index (χ3n) is 2.60. The summed E-state index contributed by atoms with van der Waals surface area (Å²) in [5, 5.41) is 0. The van der Waals surface area contributed by atoms with Crippen molar-refractivity contribution in [1.82, 2.24) is 0 Å². The van der Waals surface area contributed by atoms with Gasteiger partial charge in [-0.25, -0.2) is 8.78 Å². The van der Waals surface area contributed by atoms with Crippen LogP contribution in [0.2, 0.25) is 0 Å². The van der Waals surface area contributed by atoms with Gasteiger partial charge in [0.25, 0.3) is 0 Å². The Morgan fingerprint density at radius 3 is 2.56 bits per heavy atom. The van der Waals surface area contributed by atoms with E-state index in [2.05, 4.69) is 0 Å². The molecule has 18 heavy (non-hydrogen) atoms. The monoisotopic (exact) mass is 248 g/mol. The largest absolute Gasteiger partial charge is 0.494 e. The molecular weight excluding hydrogens is 238 g/mol. The van der Waals surface area contributed by atoms with Crippen LogP contribution in [0, 0.1) is 11.6 Å². The maximum atomic E-state index is 13.3. The van der Waals surface area contributed by atoms with Gasteiger partial charge in [-0.15, -0.1) is 0 Å². The van der Waals surface area contributed by atoms with Crippen LogP contribution in [0.1, 0.15) is 10.4 Å². The molecule has 0 unspecified atom stereocenters. The standard InChI is InChI=1S/C14H10F2O2/c1-18-14-6-9(3-5-13(14)16)12-7-11(15)4-2-10(12)8-17/h2-8H,1H3. The highest BCUT2D eigenvalue weighted by Crippen LogP contribution is 2.28. The second-order valence-electron chi connectivity index (χ2n) is 3.70. The average molecular weight is 248 g/mol. The van der Waals surface area contributed by atoms with Crippen molar-refractivity contribution in [2.45, 2.75) is 0 Å². The molecule has 0 aliphatic rings. The van der Waals surface area contributed by atoms with Gasteiger partial charge in [0.2, 0.25) is 0 Å². The fraction of sp³-hybridized carbons (Fsp3) is 0.0714. The van der Waals surface area contributed by atoms with Gasteiger partial charge < -0.3 is 4.74 Å². The van der Waals surface area contributed by atoms with Crippen LogP contribution in [0.5, 0.6) is 5.75 Å². The van der Waals surface area contributed by atoms with E-state index in [9.17, 15) is 13.6 Å². The minimum Gasteiger partial charge on any atom is -0.494 e. The van der Waals surface area contributed by atoms with E-state index in [0.717, 1.165) is 0 Å². The summed E-state index contributed by atoms with van der Waals surface area (Å²) in [4.78, 5) is 10.9. The lowest BCUT2D eigenvalue weighted by molar-refractivity contribution is 0.112. The number of hydrogen-bond donors (Lipinski definition) is 0. The molecule has 0 amide bonds. The molecule has 0 aliphatic carbocycles. The molecule has 0 saturated carbocycles. The van der Waals surface area contributed by atoms with Crippen molar-refractivity contribution in [3.05, 3.63) is 53.6 Å². The first-order valence-corrected chi connectivity index (χ1v) is 5.24. The molecule has 2 nitrogen and oxygen atoms in total. The summed E-state index contributed by atoms with van der Waals surface area (Å²) in [5.74, 6) is -0.919. The molecule has 0 aromatic heterocycles. The molecule has 2 aromatic carbocycles. The first-order valence-electron chi connectivity index (χ1n) is 5.24. The van der Waals surface area contributed by atoms with Crippen LogP contribution in [0.3, 0.4) is 0 Å². The average Bonchev–Trinajstić information content (AvgIpc) is 2.39. The van der Waals surface area contributed by atoms with E-state index in [1.807, 2.05) is 0 Å². The molecule has 0 aliphatic heterocycles. The highest BCUT2D eigenvalue weighted by Gasteiger charge is 2.09. The number of halogens is 2. The second-order valence-corrected chi connectivity index (χ2v) is 3.70. The summed E-state index contributed by atoms with van der Waals surface area (Å²) in [6.45, 7) is 0. The number of methoxy groups -OCH3 is 1. The predicted octanol–water partition coefficient (Wildman–Crippen LogP) is 3.45. The molecule has 92 valence electrons. The van der Waals surface area contributed by atoms with E-state index in [-0.39, 0.29) is 5.75 Å². The number of aldehydes is 1. The van der Waals surface area contributed by atoms with Gasteiger partial charge in [0.15, 0.2) is 17.9 Å². The highest BCUT2D eigenvalue weighted by atomic mass is 19.1. The minimum absolute atomic E-state index is 0.0496. The lowest BCUT2D eigenvalue weighted by Crippen LogP contribution is -1.92. The van der Waals surface area contributed by atoms with Crippen molar-refractivity contribution < 1.29 is 18.3 Å². The quantitative estimate of drug-likeness (QED) is 0.777. The summed E-state index contributed by atoms with van der Waals surface area (Å²) < 4.78 is 31.3. The first kappa shape index (κ1) is 12.2. The molecule has 0 N–H and O–H groups in total. The third kappa shape index (κ3) is 2.22. The van der Waals surface area contributed by atoms with Gasteiger partial charge in [0.1, 0.15) is 5.82 Å². The topological polar surface area (TPSA) is 26.3 Å². The Balaban J connectivity index is 2.60. The van der Waals surface area contributed by atoms with E-state index in [0.29, 0.717) is 23.0 Å². The SMILES string of the molecule is COc1cc(-c2cc(F)ccc2C=O)ccc1F. The van der Waals surface area contributed by atoms with E-state index in [1.165, 1.54) is 43.5 Å². The van der Waals surface area contributed by atoms with Gasteiger partial charge >= 0.3 is 0 Å². The molecule has 0 heterocycles. The Morgan fingerprint density at radius 1 is 1.11 bits per heavy atom. The molecule has 0 saturated heterocycles. The van der Waals surface area contributed by atoms with Crippen LogP contribution >= 0.6 is 0 Å². The zero-order chi connectivity index (χ0) is 13.1. The number of carbonyl (C=O) groups is 1. The maximum absolute atomic E-state index is 13.3. The molecule has 0 fully saturated rings. The molecule has 4 heteroatoms. The lowest BCUT2D eigenvalue weighted by atomic mass is 10.00. The normalized spacial score (nSPS) is 10.2. The first-order chi connectivity index (χ1) is 8.65. The maximum Gasteiger partial charge on any atom is 0.165 e. The summed E-state index contributed by atoms with van der Waals surface area (Å²) in [6, 6.07) is 7.93. The lowest BCUT2D eigenvalue weighted by Gasteiger charge is -2.08. The Hall–Kier alpha value is -2.23. The van der Waals surface area contributed by atoms with Crippen LogP contribution in [0.15, 0.2) is 36.4 Å². The van der Waals surface area contributed by atoms with Crippen LogP contribution < -0.4 is 4.74 Å². The highest BCUT2D eigenvalue weighted by molar-refractivity contribution is 5.87. The van der Waals surface area contributed by atoms with Gasteiger partial charge in [-0.1, -0.05) is 6.07 Å². The molecule has 2 aromatic rings. The number of rotatable bonds is 3. The van der Waals surface area contributed by atoms with Gasteiger partial charge in [0.05, 0.1) is 7.11 Å². The second kappa shape index (κ2) is 4.96. The van der Waals surface area contributed by atoms with Crippen molar-refractivity contribution in [3.8, 4) is 16.9 Å². The summed E-state index contributed by atoms with van der Waals surface area (Å²) in [7, 11) is 1.34. The zero-order valence-corrected chi connectivity index (χ0v) is 9.61. The molecule has 0 bridgehead atoms. The van der Waals surface area contributed by atoms with E-state index < -0.39 is 11.6 Å². The predicted molar refractivity (Wildman–Crippen MR) is 63.7 cm³/mol. The Kier molecular flexibility index (Phi) is 3.37. The van der Waals surface area contributed by atoms with Crippen LogP contribution in [-0.2, 0) is 0 Å². The Morgan fingerprint density at radius 2 is 1.89 bits per heavy atom. The fourth-order valence-electron chi connectivity index (χ4n) is 1.71. The summed E-state index contributed by atoms with van der Waals surface area (Å²) in [5.41, 5.74) is 1.27. The van der Waals surface area contributed by atoms with Crippen LogP contribution in [0.4, 0.5) is 8.78 Å². The van der Waals surface area contributed by atoms with E-state index in [4.69, 9.17) is 4.74 Å². The Bertz CT molecular complexity index is 594. The zero-order valence-electron chi connectivity index (χ0n) is 9.61. The van der Waals surface area contributed by atoms with Gasteiger partial charge in [0, 0.05) is 5.56 Å². The van der Waals surface area contributed by atoms with Gasteiger partial charge in [-0.05, 0) is 41.5 Å². The molecule has 0 radical (unpaired) electrons. The molecular formula is C14H10F2O2. The number of ether oxygens (including phenoxy) is 1. The van der Waals surface area contributed by atoms with E-state index in [1.54, 1.807) is 0 Å². The van der Waals surface area contributed by atoms with Gasteiger partial charge in [-0.2, -0.15) is 0 Å². The fourth-order valence-corrected chi connectivity index (χ4v) is 1.71. The molecule has 0 atom stereocenters. The van der Waals surface area contributed by atoms with Crippen LogP contribution in [0.25, 0.3) is 11.1 Å². The summed E-state index contributed by atoms with van der Waals surface area (Å²) >= 11 is 0. The Labute approximate surface area is 103 Å². The number of benzene rings is 2. The van der Waals surface area contributed by atoms with Crippen molar-refractivity contribution >= 4 is 6.29 Å². The van der Waals surface area contributed by atoms with Crippen molar-refractivity contribution in [2.24, 2.45) is 0 Å². The summed E-state index contributed by atoms with van der Waals surface area (Å²) in [6.07, 6.45) is 0.630. The third-order valence-corrected chi connectivity index (χ3v) is 2.60. The van der Waals surface area contributed by atoms with Crippen LogP contribution in [-0.4, -0.2) is 13.4 Å². The number of hydrogen-bond acceptors (Lipinski definition) is 2. The van der Waals surface area contributed by atoms with E-state index >= 15 is 0 Å². The smallest absolute Gasteiger partial charge is 0.165 e. The molecule has 2 rings (SSSR count). The molecule has 0 spiro atoms. The minimum atomic E-state index is -0.509.